The Morgan fingerprint density at radius 3 is 2.55 bits per heavy atom. The lowest BCUT2D eigenvalue weighted by atomic mass is 9.88. The second kappa shape index (κ2) is 9.90. The molecule has 0 amide bonds. The van der Waals surface area contributed by atoms with Gasteiger partial charge in [-0.1, -0.05) is 37.6 Å². The molecule has 6 heteroatoms. The first-order valence-electron chi connectivity index (χ1n) is 10.2. The highest BCUT2D eigenvalue weighted by atomic mass is 16.6. The van der Waals surface area contributed by atoms with Gasteiger partial charge < -0.3 is 14.2 Å². The van der Waals surface area contributed by atoms with Gasteiger partial charge in [-0.3, -0.25) is 4.79 Å². The molecular formula is C23H32O6. The smallest absolute Gasteiger partial charge is 0.334 e. The first kappa shape index (κ1) is 22.9. The zero-order valence-electron chi connectivity index (χ0n) is 18.1. The molecule has 2 aliphatic heterocycles. The summed E-state index contributed by atoms with van der Waals surface area (Å²) in [6.45, 7) is 7.31. The number of hydrogen-bond acceptors (Lipinski definition) is 6. The van der Waals surface area contributed by atoms with Crippen LogP contribution >= 0.6 is 0 Å². The molecule has 0 saturated heterocycles. The van der Waals surface area contributed by atoms with Gasteiger partial charge in [-0.15, -0.1) is 0 Å². The minimum Gasteiger partial charge on any atom is -0.466 e. The topological polar surface area (TPSA) is 78.9 Å². The molecule has 0 N–H and O–H groups in total. The minimum atomic E-state index is -0.954. The Balaban J connectivity index is 2.48. The van der Waals surface area contributed by atoms with Crippen molar-refractivity contribution in [3.05, 3.63) is 34.9 Å². The molecule has 2 bridgehead atoms. The third kappa shape index (κ3) is 6.05. The monoisotopic (exact) mass is 404 g/mol. The molecule has 0 aliphatic carbocycles. The van der Waals surface area contributed by atoms with Crippen LogP contribution in [0.3, 0.4) is 0 Å². The van der Waals surface area contributed by atoms with Gasteiger partial charge in [-0.2, -0.15) is 0 Å². The van der Waals surface area contributed by atoms with Crippen LogP contribution in [0.15, 0.2) is 34.9 Å². The van der Waals surface area contributed by atoms with Crippen LogP contribution in [0.25, 0.3) is 0 Å². The van der Waals surface area contributed by atoms with Crippen molar-refractivity contribution in [2.75, 3.05) is 7.11 Å². The van der Waals surface area contributed by atoms with E-state index < -0.39 is 23.6 Å². The van der Waals surface area contributed by atoms with Crippen molar-refractivity contribution in [1.29, 1.82) is 0 Å². The van der Waals surface area contributed by atoms with E-state index in [1.807, 2.05) is 12.2 Å². The Kier molecular flexibility index (Phi) is 7.82. The summed E-state index contributed by atoms with van der Waals surface area (Å²) in [5.74, 6) is -0.936. The molecule has 0 radical (unpaired) electrons. The fourth-order valence-corrected chi connectivity index (χ4v) is 3.79. The maximum absolute atomic E-state index is 12.8. The van der Waals surface area contributed by atoms with E-state index in [1.54, 1.807) is 13.0 Å². The van der Waals surface area contributed by atoms with E-state index in [2.05, 4.69) is 13.8 Å². The highest BCUT2D eigenvalue weighted by Crippen LogP contribution is 2.34. The Labute approximate surface area is 173 Å². The normalized spacial score (nSPS) is 27.7. The largest absolute Gasteiger partial charge is 0.466 e. The zero-order valence-corrected chi connectivity index (χ0v) is 18.1. The minimum absolute atomic E-state index is 0.275. The lowest BCUT2D eigenvalue weighted by Crippen LogP contribution is -2.45. The predicted molar refractivity (Wildman–Crippen MR) is 109 cm³/mol. The lowest BCUT2D eigenvalue weighted by Gasteiger charge is -2.35. The maximum Gasteiger partial charge on any atom is 0.334 e. The highest BCUT2D eigenvalue weighted by Gasteiger charge is 2.42. The van der Waals surface area contributed by atoms with Gasteiger partial charge in [0.1, 0.15) is 11.7 Å². The molecule has 160 valence electrons. The van der Waals surface area contributed by atoms with Crippen LogP contribution in [0.1, 0.15) is 66.2 Å². The van der Waals surface area contributed by atoms with Crippen LogP contribution in [0.2, 0.25) is 0 Å². The Morgan fingerprint density at radius 2 is 1.93 bits per heavy atom. The summed E-state index contributed by atoms with van der Waals surface area (Å²) in [5.41, 5.74) is 1.34. The van der Waals surface area contributed by atoms with E-state index in [0.717, 1.165) is 5.57 Å². The SMILES string of the molecule is COC(=O)C1=C/C=C(/C(C)C)CCC2=CCC[C@](C)(OC2=O)[C@@H](OC(C)=O)CC1. The van der Waals surface area contributed by atoms with E-state index in [0.29, 0.717) is 49.7 Å². The highest BCUT2D eigenvalue weighted by molar-refractivity contribution is 5.89. The van der Waals surface area contributed by atoms with Gasteiger partial charge in [0.05, 0.1) is 7.11 Å². The van der Waals surface area contributed by atoms with Gasteiger partial charge in [-0.25, -0.2) is 9.59 Å². The molecule has 0 aromatic carbocycles. The number of rotatable bonds is 3. The lowest BCUT2D eigenvalue weighted by molar-refractivity contribution is -0.181. The first-order chi connectivity index (χ1) is 13.7. The van der Waals surface area contributed by atoms with Crippen LogP contribution in [-0.2, 0) is 28.6 Å². The molecule has 2 atom stereocenters. The number of ether oxygens (including phenoxy) is 3. The average Bonchev–Trinajstić information content (AvgIpc) is 2.79. The number of methoxy groups -OCH3 is 1. The van der Waals surface area contributed by atoms with Gasteiger partial charge in [0.2, 0.25) is 0 Å². The molecule has 29 heavy (non-hydrogen) atoms. The number of esters is 3. The molecule has 2 aliphatic rings. The van der Waals surface area contributed by atoms with Gasteiger partial charge >= 0.3 is 17.9 Å². The Bertz CT molecular complexity index is 742. The van der Waals surface area contributed by atoms with Crippen molar-refractivity contribution in [3.8, 4) is 0 Å². The van der Waals surface area contributed by atoms with Crippen LogP contribution in [0.4, 0.5) is 0 Å². The van der Waals surface area contributed by atoms with Gasteiger partial charge in [0.15, 0.2) is 0 Å². The third-order valence-corrected chi connectivity index (χ3v) is 5.66. The fourth-order valence-electron chi connectivity index (χ4n) is 3.79. The Hall–Kier alpha value is -2.37. The van der Waals surface area contributed by atoms with Crippen molar-refractivity contribution >= 4 is 17.9 Å². The molecular weight excluding hydrogens is 372 g/mol. The fraction of sp³-hybridized carbons (Fsp3) is 0.609. The number of carbonyl (C=O) groups excluding carboxylic acids is 3. The predicted octanol–water partition coefficient (Wildman–Crippen LogP) is 4.20. The van der Waals surface area contributed by atoms with Gasteiger partial charge in [0, 0.05) is 18.1 Å². The summed E-state index contributed by atoms with van der Waals surface area (Å²) in [5, 5.41) is 0. The maximum atomic E-state index is 12.8. The van der Waals surface area contributed by atoms with E-state index in [9.17, 15) is 14.4 Å². The number of carbonyl (C=O) groups is 3. The summed E-state index contributed by atoms with van der Waals surface area (Å²) in [6, 6.07) is 0. The molecule has 0 unspecified atom stereocenters. The van der Waals surface area contributed by atoms with Crippen LogP contribution < -0.4 is 0 Å². The van der Waals surface area contributed by atoms with E-state index in [1.165, 1.54) is 14.0 Å². The van der Waals surface area contributed by atoms with Crippen molar-refractivity contribution < 1.29 is 28.6 Å². The number of allylic oxidation sites excluding steroid dienone is 4. The third-order valence-electron chi connectivity index (χ3n) is 5.66. The summed E-state index contributed by atoms with van der Waals surface area (Å²) < 4.78 is 16.4. The van der Waals surface area contributed by atoms with Crippen molar-refractivity contribution in [2.45, 2.75) is 77.9 Å². The molecule has 0 aromatic heterocycles. The summed E-state index contributed by atoms with van der Waals surface area (Å²) in [7, 11) is 1.35. The van der Waals surface area contributed by atoms with Gasteiger partial charge in [0.25, 0.3) is 0 Å². The molecule has 0 fully saturated rings. The number of fused-ring (bicyclic) bond motifs is 3. The van der Waals surface area contributed by atoms with E-state index in [-0.39, 0.29) is 11.9 Å². The van der Waals surface area contributed by atoms with E-state index in [4.69, 9.17) is 14.2 Å². The molecule has 0 spiro atoms. The summed E-state index contributed by atoms with van der Waals surface area (Å²) in [6.07, 6.45) is 8.20. The first-order valence-corrected chi connectivity index (χ1v) is 10.2. The summed E-state index contributed by atoms with van der Waals surface area (Å²) in [4.78, 5) is 36.8. The number of hydrogen-bond donors (Lipinski definition) is 0. The van der Waals surface area contributed by atoms with Crippen LogP contribution in [-0.4, -0.2) is 36.7 Å². The zero-order chi connectivity index (χ0) is 21.6. The molecule has 2 rings (SSSR count). The molecule has 6 nitrogen and oxygen atoms in total. The molecule has 2 heterocycles. The molecule has 0 aromatic rings. The second-order valence-corrected chi connectivity index (χ2v) is 8.19. The van der Waals surface area contributed by atoms with Gasteiger partial charge in [-0.05, 0) is 51.4 Å². The Morgan fingerprint density at radius 1 is 1.21 bits per heavy atom. The van der Waals surface area contributed by atoms with Crippen molar-refractivity contribution in [3.63, 3.8) is 0 Å². The molecule has 0 saturated carbocycles. The standard InChI is InChI=1S/C23H32O6/c1-15(2)17-8-10-18-7-6-14-23(4,29-22(18)26)20(28-16(3)24)13-12-19(11-9-17)21(25)27-5/h7,9,11,15,20H,6,8,10,12-14H2,1-5H3/b17-9+,19-11?/t20-,23-/m0/s1. The van der Waals surface area contributed by atoms with E-state index >= 15 is 0 Å². The quantitative estimate of drug-likeness (QED) is 0.518. The van der Waals surface area contributed by atoms with Crippen molar-refractivity contribution in [2.24, 2.45) is 5.92 Å². The second-order valence-electron chi connectivity index (χ2n) is 8.19. The van der Waals surface area contributed by atoms with Crippen LogP contribution in [0, 0.1) is 5.92 Å². The van der Waals surface area contributed by atoms with Crippen molar-refractivity contribution in [1.82, 2.24) is 0 Å². The average molecular weight is 405 g/mol. The van der Waals surface area contributed by atoms with Crippen LogP contribution in [0.5, 0.6) is 0 Å². The summed E-state index contributed by atoms with van der Waals surface area (Å²) >= 11 is 0.